The van der Waals surface area contributed by atoms with E-state index >= 15 is 0 Å². The molecule has 2 heterocycles. The molecule has 0 fully saturated rings. The van der Waals surface area contributed by atoms with Crippen molar-refractivity contribution in [2.75, 3.05) is 0 Å². The standard InChI is InChI=1S/C8H7F3N6O/c1-16-14-6(13-15-16)4-17-3-5(2-12-17)7(18)8(9,10)11/h2-3H,4H2,1H3. The Hall–Kier alpha value is -2.26. The van der Waals surface area contributed by atoms with Gasteiger partial charge < -0.3 is 0 Å². The minimum absolute atomic E-state index is 0.0407. The highest BCUT2D eigenvalue weighted by atomic mass is 19.4. The van der Waals surface area contributed by atoms with Crippen molar-refractivity contribution in [1.82, 2.24) is 30.0 Å². The van der Waals surface area contributed by atoms with E-state index in [9.17, 15) is 18.0 Å². The predicted octanol–water partition coefficient (Wildman–Crippen LogP) is 0.200. The van der Waals surface area contributed by atoms with Crippen molar-refractivity contribution in [2.45, 2.75) is 12.7 Å². The number of alkyl halides is 3. The molecule has 0 N–H and O–H groups in total. The highest BCUT2D eigenvalue weighted by molar-refractivity contribution is 5.99. The third-order valence-corrected chi connectivity index (χ3v) is 2.01. The van der Waals surface area contributed by atoms with Gasteiger partial charge in [0.15, 0.2) is 5.82 Å². The Labute approximate surface area is 98.2 Å². The monoisotopic (exact) mass is 260 g/mol. The lowest BCUT2D eigenvalue weighted by Crippen LogP contribution is -2.22. The van der Waals surface area contributed by atoms with Gasteiger partial charge in [0, 0.05) is 6.20 Å². The number of rotatable bonds is 3. The lowest BCUT2D eigenvalue weighted by atomic mass is 10.2. The lowest BCUT2D eigenvalue weighted by molar-refractivity contribution is -0.0885. The minimum atomic E-state index is -4.90. The molecule has 96 valence electrons. The van der Waals surface area contributed by atoms with Gasteiger partial charge >= 0.3 is 6.18 Å². The normalized spacial score (nSPS) is 11.8. The van der Waals surface area contributed by atoms with E-state index in [0.29, 0.717) is 0 Å². The van der Waals surface area contributed by atoms with Crippen molar-refractivity contribution in [3.05, 3.63) is 23.8 Å². The second kappa shape index (κ2) is 4.20. The molecule has 10 heteroatoms. The van der Waals surface area contributed by atoms with Gasteiger partial charge in [-0.25, -0.2) is 0 Å². The van der Waals surface area contributed by atoms with Crippen LogP contribution < -0.4 is 0 Å². The van der Waals surface area contributed by atoms with E-state index < -0.39 is 17.5 Å². The molecule has 2 aromatic rings. The number of halogens is 3. The summed E-state index contributed by atoms with van der Waals surface area (Å²) in [6.45, 7) is 0.0407. The topological polar surface area (TPSA) is 78.5 Å². The number of nitrogens with zero attached hydrogens (tertiary/aromatic N) is 6. The molecule has 0 saturated heterocycles. The Balaban J connectivity index is 2.14. The number of hydrogen-bond donors (Lipinski definition) is 0. The fourth-order valence-electron chi connectivity index (χ4n) is 1.26. The van der Waals surface area contributed by atoms with Crippen LogP contribution in [0.4, 0.5) is 13.2 Å². The Kier molecular flexibility index (Phi) is 2.85. The first-order valence-electron chi connectivity index (χ1n) is 4.73. The third kappa shape index (κ3) is 2.52. The number of ketones is 1. The maximum absolute atomic E-state index is 12.1. The summed E-state index contributed by atoms with van der Waals surface area (Å²) in [5, 5.41) is 14.7. The average molecular weight is 260 g/mol. The highest BCUT2D eigenvalue weighted by Crippen LogP contribution is 2.20. The van der Waals surface area contributed by atoms with Crippen molar-refractivity contribution < 1.29 is 18.0 Å². The van der Waals surface area contributed by atoms with Gasteiger partial charge in [-0.2, -0.15) is 23.1 Å². The van der Waals surface area contributed by atoms with Gasteiger partial charge in [0.2, 0.25) is 0 Å². The molecule has 0 radical (unpaired) electrons. The zero-order chi connectivity index (χ0) is 13.3. The second-order valence-electron chi connectivity index (χ2n) is 3.45. The van der Waals surface area contributed by atoms with E-state index in [0.717, 1.165) is 17.1 Å². The number of tetrazole rings is 1. The molecule has 2 rings (SSSR count). The van der Waals surface area contributed by atoms with Crippen LogP contribution >= 0.6 is 0 Å². The van der Waals surface area contributed by atoms with Gasteiger partial charge in [0.05, 0.1) is 18.8 Å². The maximum Gasteiger partial charge on any atom is 0.454 e. The summed E-state index contributed by atoms with van der Waals surface area (Å²) in [6.07, 6.45) is -3.06. The number of aromatic nitrogens is 6. The molecule has 7 nitrogen and oxygen atoms in total. The summed E-state index contributed by atoms with van der Waals surface area (Å²) in [5.74, 6) is -1.65. The van der Waals surface area contributed by atoms with Crippen LogP contribution in [0.5, 0.6) is 0 Å². The number of aryl methyl sites for hydroxylation is 1. The van der Waals surface area contributed by atoms with Crippen molar-refractivity contribution in [1.29, 1.82) is 0 Å². The summed E-state index contributed by atoms with van der Waals surface area (Å²) in [6, 6.07) is 0. The molecule has 0 spiro atoms. The van der Waals surface area contributed by atoms with E-state index in [1.807, 2.05) is 0 Å². The predicted molar refractivity (Wildman–Crippen MR) is 50.5 cm³/mol. The van der Waals surface area contributed by atoms with Gasteiger partial charge in [0.25, 0.3) is 5.78 Å². The summed E-state index contributed by atoms with van der Waals surface area (Å²) in [4.78, 5) is 12.1. The van der Waals surface area contributed by atoms with Crippen LogP contribution in [-0.4, -0.2) is 41.9 Å². The third-order valence-electron chi connectivity index (χ3n) is 2.01. The molecule has 2 aromatic heterocycles. The fourth-order valence-corrected chi connectivity index (χ4v) is 1.26. The summed E-state index contributed by atoms with van der Waals surface area (Å²) >= 11 is 0. The van der Waals surface area contributed by atoms with Crippen LogP contribution in [0.1, 0.15) is 16.2 Å². The van der Waals surface area contributed by atoms with Crippen molar-refractivity contribution in [3.63, 3.8) is 0 Å². The molecule has 0 amide bonds. The summed E-state index contributed by atoms with van der Waals surface area (Å²) in [7, 11) is 1.55. The molecule has 0 saturated carbocycles. The van der Waals surface area contributed by atoms with Gasteiger partial charge in [-0.05, 0) is 5.21 Å². The molecule has 18 heavy (non-hydrogen) atoms. The molecule has 0 aliphatic heterocycles. The molecule has 0 aliphatic rings. The first kappa shape index (κ1) is 12.2. The fraction of sp³-hybridized carbons (Fsp3) is 0.375. The number of Topliss-reactive ketones (excluding diaryl/α,β-unsaturated/α-hetero) is 1. The SMILES string of the molecule is Cn1nnc(Cn2cc(C(=O)C(F)(F)F)cn2)n1. The zero-order valence-electron chi connectivity index (χ0n) is 9.09. The Morgan fingerprint density at radius 2 is 2.17 bits per heavy atom. The first-order chi connectivity index (χ1) is 8.36. The maximum atomic E-state index is 12.1. The number of carbonyl (C=O) groups is 1. The summed E-state index contributed by atoms with van der Waals surface area (Å²) < 4.78 is 37.6. The Bertz CT molecular complexity index is 571. The van der Waals surface area contributed by atoms with E-state index in [4.69, 9.17) is 0 Å². The molecule has 0 aromatic carbocycles. The van der Waals surface area contributed by atoms with Crippen LogP contribution in [0, 0.1) is 0 Å². The molecule has 0 unspecified atom stereocenters. The largest absolute Gasteiger partial charge is 0.454 e. The van der Waals surface area contributed by atoms with Crippen LogP contribution in [0.2, 0.25) is 0 Å². The molecule has 0 bridgehead atoms. The van der Waals surface area contributed by atoms with Crippen molar-refractivity contribution >= 4 is 5.78 Å². The zero-order valence-corrected chi connectivity index (χ0v) is 9.09. The smallest absolute Gasteiger partial charge is 0.284 e. The van der Waals surface area contributed by atoms with Crippen LogP contribution in [-0.2, 0) is 13.6 Å². The molecular formula is C8H7F3N6O. The summed E-state index contributed by atoms with van der Waals surface area (Å²) in [5.41, 5.74) is -0.522. The second-order valence-corrected chi connectivity index (χ2v) is 3.45. The lowest BCUT2D eigenvalue weighted by Gasteiger charge is -2.01. The number of carbonyl (C=O) groups excluding carboxylic acids is 1. The van der Waals surface area contributed by atoms with Gasteiger partial charge in [-0.1, -0.05) is 0 Å². The van der Waals surface area contributed by atoms with Gasteiger partial charge in [-0.15, -0.1) is 10.2 Å². The van der Waals surface area contributed by atoms with Gasteiger partial charge in [-0.3, -0.25) is 9.48 Å². The van der Waals surface area contributed by atoms with Crippen LogP contribution in [0.25, 0.3) is 0 Å². The molecule has 0 atom stereocenters. The molecule has 0 aliphatic carbocycles. The number of hydrogen-bond acceptors (Lipinski definition) is 5. The van der Waals surface area contributed by atoms with Crippen molar-refractivity contribution in [3.8, 4) is 0 Å². The minimum Gasteiger partial charge on any atom is -0.284 e. The average Bonchev–Trinajstić information content (AvgIpc) is 2.86. The van der Waals surface area contributed by atoms with Crippen LogP contribution in [0.3, 0.4) is 0 Å². The van der Waals surface area contributed by atoms with Crippen LogP contribution in [0.15, 0.2) is 12.4 Å². The first-order valence-corrected chi connectivity index (χ1v) is 4.73. The quantitative estimate of drug-likeness (QED) is 0.736. The Morgan fingerprint density at radius 3 is 2.72 bits per heavy atom. The van der Waals surface area contributed by atoms with E-state index in [-0.39, 0.29) is 12.4 Å². The Morgan fingerprint density at radius 1 is 1.44 bits per heavy atom. The highest BCUT2D eigenvalue weighted by Gasteiger charge is 2.39. The van der Waals surface area contributed by atoms with Gasteiger partial charge in [0.1, 0.15) is 6.54 Å². The molecular weight excluding hydrogens is 253 g/mol. The van der Waals surface area contributed by atoms with Crippen molar-refractivity contribution in [2.24, 2.45) is 7.05 Å². The van der Waals surface area contributed by atoms with E-state index in [1.54, 1.807) is 7.05 Å². The van der Waals surface area contributed by atoms with E-state index in [2.05, 4.69) is 20.5 Å². The van der Waals surface area contributed by atoms with E-state index in [1.165, 1.54) is 4.80 Å².